The molecule has 31 heavy (non-hydrogen) atoms. The van der Waals surface area contributed by atoms with Crippen molar-refractivity contribution in [3.05, 3.63) is 101 Å². The van der Waals surface area contributed by atoms with E-state index < -0.39 is 0 Å². The Morgan fingerprint density at radius 2 is 1.87 bits per heavy atom. The average molecular weight is 412 g/mol. The van der Waals surface area contributed by atoms with Crippen molar-refractivity contribution in [2.45, 2.75) is 46.1 Å². The highest BCUT2D eigenvalue weighted by atomic mass is 16.1. The third-order valence-corrected chi connectivity index (χ3v) is 6.02. The van der Waals surface area contributed by atoms with Crippen molar-refractivity contribution in [2.75, 3.05) is 0 Å². The third kappa shape index (κ3) is 4.53. The normalized spacial score (nSPS) is 12.1. The lowest BCUT2D eigenvalue weighted by Gasteiger charge is -2.20. The number of amides is 1. The number of para-hydroxylation sites is 1. The molecule has 0 aliphatic carbocycles. The molecule has 0 aliphatic heterocycles. The zero-order valence-corrected chi connectivity index (χ0v) is 18.4. The highest BCUT2D eigenvalue weighted by Crippen LogP contribution is 2.36. The molecular formula is C27H29N3O. The van der Waals surface area contributed by atoms with Crippen LogP contribution in [0.1, 0.15) is 52.6 Å². The van der Waals surface area contributed by atoms with Gasteiger partial charge in [0, 0.05) is 48.4 Å². The van der Waals surface area contributed by atoms with E-state index in [1.807, 2.05) is 12.1 Å². The van der Waals surface area contributed by atoms with Gasteiger partial charge in [-0.05, 0) is 60.2 Å². The van der Waals surface area contributed by atoms with Crippen LogP contribution in [0.4, 0.5) is 0 Å². The number of hydrogen-bond donors (Lipinski definition) is 2. The fourth-order valence-corrected chi connectivity index (χ4v) is 4.38. The summed E-state index contributed by atoms with van der Waals surface area (Å²) in [6.45, 7) is 6.92. The average Bonchev–Trinajstić information content (AvgIpc) is 3.21. The van der Waals surface area contributed by atoms with Gasteiger partial charge in [0.15, 0.2) is 0 Å². The van der Waals surface area contributed by atoms with Crippen LogP contribution in [-0.4, -0.2) is 15.9 Å². The predicted octanol–water partition coefficient (Wildman–Crippen LogP) is 5.58. The number of H-pyrrole nitrogens is 1. The molecule has 0 spiro atoms. The molecule has 0 saturated carbocycles. The number of aryl methyl sites for hydroxylation is 3. The fraction of sp³-hybridized carbons (Fsp3) is 0.259. The molecule has 0 bridgehead atoms. The van der Waals surface area contributed by atoms with Crippen molar-refractivity contribution in [1.82, 2.24) is 15.3 Å². The number of benzene rings is 2. The summed E-state index contributed by atoms with van der Waals surface area (Å²) in [7, 11) is 0. The Kier molecular flexibility index (Phi) is 6.17. The van der Waals surface area contributed by atoms with Gasteiger partial charge in [0.25, 0.3) is 0 Å². The molecule has 0 radical (unpaired) electrons. The lowest BCUT2D eigenvalue weighted by atomic mass is 9.84. The molecule has 2 N–H and O–H groups in total. The molecule has 2 aromatic heterocycles. The van der Waals surface area contributed by atoms with Crippen LogP contribution in [0.5, 0.6) is 0 Å². The first-order chi connectivity index (χ1) is 15.1. The smallest absolute Gasteiger partial charge is 0.221 e. The first-order valence-electron chi connectivity index (χ1n) is 10.9. The zero-order valence-electron chi connectivity index (χ0n) is 18.4. The second kappa shape index (κ2) is 9.17. The van der Waals surface area contributed by atoms with Gasteiger partial charge in [-0.15, -0.1) is 0 Å². The van der Waals surface area contributed by atoms with E-state index in [1.165, 1.54) is 38.7 Å². The minimum atomic E-state index is -0.0149. The number of nitrogens with zero attached hydrogens (tertiary/aromatic N) is 1. The fourth-order valence-electron chi connectivity index (χ4n) is 4.38. The van der Waals surface area contributed by atoms with Crippen molar-refractivity contribution in [3.8, 4) is 0 Å². The van der Waals surface area contributed by atoms with Gasteiger partial charge in [-0.3, -0.25) is 9.78 Å². The Morgan fingerprint density at radius 3 is 2.61 bits per heavy atom. The maximum atomic E-state index is 13.0. The third-order valence-electron chi connectivity index (χ3n) is 6.02. The summed E-state index contributed by atoms with van der Waals surface area (Å²) in [5.74, 6) is 0.0293. The first kappa shape index (κ1) is 20.9. The summed E-state index contributed by atoms with van der Waals surface area (Å²) in [5, 5.41) is 4.29. The van der Waals surface area contributed by atoms with Crippen molar-refractivity contribution < 1.29 is 4.79 Å². The van der Waals surface area contributed by atoms with Crippen LogP contribution in [0.3, 0.4) is 0 Å². The number of hydrogen-bond acceptors (Lipinski definition) is 2. The standard InChI is InChI=1S/C27H29N3O/c1-4-21-6-5-7-23-25(17-30-27(21)23)24(22-9-8-18(2)14-19(22)3)15-26(31)29-16-20-10-12-28-13-11-20/h5-14,17,24,30H,4,15-16H2,1-3H3,(H,29,31). The van der Waals surface area contributed by atoms with Crippen LogP contribution in [-0.2, 0) is 17.8 Å². The van der Waals surface area contributed by atoms with E-state index >= 15 is 0 Å². The highest BCUT2D eigenvalue weighted by molar-refractivity contribution is 5.88. The lowest BCUT2D eigenvalue weighted by molar-refractivity contribution is -0.121. The summed E-state index contributed by atoms with van der Waals surface area (Å²) >= 11 is 0. The van der Waals surface area contributed by atoms with Crippen molar-refractivity contribution in [1.29, 1.82) is 0 Å². The first-order valence-corrected chi connectivity index (χ1v) is 10.9. The maximum absolute atomic E-state index is 13.0. The number of carbonyl (C=O) groups excluding carboxylic acids is 1. The van der Waals surface area contributed by atoms with Crippen molar-refractivity contribution in [3.63, 3.8) is 0 Å². The molecule has 1 atom stereocenters. The van der Waals surface area contributed by atoms with Crippen LogP contribution < -0.4 is 5.32 Å². The van der Waals surface area contributed by atoms with Crippen LogP contribution in [0, 0.1) is 13.8 Å². The predicted molar refractivity (Wildman–Crippen MR) is 126 cm³/mol. The Balaban J connectivity index is 1.68. The van der Waals surface area contributed by atoms with Crippen molar-refractivity contribution >= 4 is 16.8 Å². The number of rotatable bonds is 7. The minimum Gasteiger partial charge on any atom is -0.361 e. The molecule has 0 saturated heterocycles. The number of aromatic amines is 1. The van der Waals surface area contributed by atoms with Crippen molar-refractivity contribution in [2.24, 2.45) is 0 Å². The molecular weight excluding hydrogens is 382 g/mol. The SMILES string of the molecule is CCc1cccc2c(C(CC(=O)NCc3ccncc3)c3ccc(C)cc3C)c[nH]c12. The van der Waals surface area contributed by atoms with E-state index in [2.05, 4.69) is 78.7 Å². The molecule has 1 unspecified atom stereocenters. The van der Waals surface area contributed by atoms with Gasteiger partial charge in [0.05, 0.1) is 0 Å². The number of pyridine rings is 1. The Morgan fingerprint density at radius 1 is 1.06 bits per heavy atom. The van der Waals surface area contributed by atoms with E-state index in [9.17, 15) is 4.79 Å². The van der Waals surface area contributed by atoms with Crippen LogP contribution >= 0.6 is 0 Å². The second-order valence-electron chi connectivity index (χ2n) is 8.19. The van der Waals surface area contributed by atoms with E-state index in [0.29, 0.717) is 13.0 Å². The molecule has 1 amide bonds. The number of nitrogens with one attached hydrogen (secondary N) is 2. The molecule has 0 aliphatic rings. The van der Waals surface area contributed by atoms with E-state index in [1.54, 1.807) is 12.4 Å². The molecule has 4 nitrogen and oxygen atoms in total. The largest absolute Gasteiger partial charge is 0.361 e. The molecule has 2 aromatic carbocycles. The summed E-state index contributed by atoms with van der Waals surface area (Å²) in [6, 6.07) is 16.8. The number of carbonyl (C=O) groups is 1. The van der Waals surface area contributed by atoms with E-state index in [-0.39, 0.29) is 11.8 Å². The molecule has 0 fully saturated rings. The summed E-state index contributed by atoms with van der Waals surface area (Å²) < 4.78 is 0. The lowest BCUT2D eigenvalue weighted by Crippen LogP contribution is -2.25. The van der Waals surface area contributed by atoms with Gasteiger partial charge in [-0.25, -0.2) is 0 Å². The molecule has 2 heterocycles. The monoisotopic (exact) mass is 411 g/mol. The van der Waals surface area contributed by atoms with E-state index in [0.717, 1.165) is 12.0 Å². The van der Waals surface area contributed by atoms with Gasteiger partial charge in [-0.2, -0.15) is 0 Å². The van der Waals surface area contributed by atoms with Crippen LogP contribution in [0.15, 0.2) is 67.1 Å². The van der Waals surface area contributed by atoms with Crippen LogP contribution in [0.2, 0.25) is 0 Å². The Bertz CT molecular complexity index is 1190. The highest BCUT2D eigenvalue weighted by Gasteiger charge is 2.23. The van der Waals surface area contributed by atoms with Gasteiger partial charge in [0.2, 0.25) is 5.91 Å². The van der Waals surface area contributed by atoms with Gasteiger partial charge in [-0.1, -0.05) is 48.9 Å². The van der Waals surface area contributed by atoms with Crippen LogP contribution in [0.25, 0.3) is 10.9 Å². The zero-order chi connectivity index (χ0) is 21.8. The Labute approximate surface area is 183 Å². The molecule has 4 heteroatoms. The number of fused-ring (bicyclic) bond motifs is 1. The second-order valence-corrected chi connectivity index (χ2v) is 8.19. The molecule has 158 valence electrons. The molecule has 4 aromatic rings. The quantitative estimate of drug-likeness (QED) is 0.417. The number of aromatic nitrogens is 2. The topological polar surface area (TPSA) is 57.8 Å². The summed E-state index contributed by atoms with van der Waals surface area (Å²) in [6.07, 6.45) is 6.95. The van der Waals surface area contributed by atoms with Gasteiger partial charge < -0.3 is 10.3 Å². The maximum Gasteiger partial charge on any atom is 0.221 e. The Hall–Kier alpha value is -3.40. The van der Waals surface area contributed by atoms with E-state index in [4.69, 9.17) is 0 Å². The summed E-state index contributed by atoms with van der Waals surface area (Å²) in [4.78, 5) is 20.5. The minimum absolute atomic E-state index is 0.0149. The molecule has 4 rings (SSSR count). The van der Waals surface area contributed by atoms with Gasteiger partial charge >= 0.3 is 0 Å². The van der Waals surface area contributed by atoms with Gasteiger partial charge in [0.1, 0.15) is 0 Å². The summed E-state index contributed by atoms with van der Waals surface area (Å²) in [5.41, 5.74) is 8.34.